The van der Waals surface area contributed by atoms with Crippen molar-refractivity contribution in [2.45, 2.75) is 12.8 Å². The van der Waals surface area contributed by atoms with Crippen molar-refractivity contribution in [1.29, 1.82) is 0 Å². The summed E-state index contributed by atoms with van der Waals surface area (Å²) < 4.78 is 6.09. The van der Waals surface area contributed by atoms with Crippen LogP contribution < -0.4 is 4.90 Å². The molecule has 0 spiro atoms. The molecule has 1 aliphatic rings. The van der Waals surface area contributed by atoms with Gasteiger partial charge in [0, 0.05) is 31.3 Å². The van der Waals surface area contributed by atoms with Gasteiger partial charge < -0.3 is 14.7 Å². The second-order valence-electron chi connectivity index (χ2n) is 4.85. The Morgan fingerprint density at radius 1 is 1.47 bits per heavy atom. The number of ether oxygens (including phenoxy) is 1. The monoisotopic (exact) mass is 327 g/mol. The lowest BCUT2D eigenvalue weighted by Crippen LogP contribution is -2.35. The molecule has 5 heteroatoms. The number of piperidine rings is 1. The molecule has 0 aromatic heterocycles. The number of aromatic carboxylic acids is 1. The molecule has 1 aromatic rings. The molecular formula is C14H18BrNO3. The van der Waals surface area contributed by atoms with Crippen molar-refractivity contribution in [3.8, 4) is 0 Å². The van der Waals surface area contributed by atoms with E-state index in [0.717, 1.165) is 42.7 Å². The van der Waals surface area contributed by atoms with E-state index in [0.29, 0.717) is 11.5 Å². The predicted molar refractivity (Wildman–Crippen MR) is 77.9 cm³/mol. The van der Waals surface area contributed by atoms with Gasteiger partial charge in [-0.3, -0.25) is 0 Å². The van der Waals surface area contributed by atoms with Gasteiger partial charge in [0.05, 0.1) is 11.3 Å². The largest absolute Gasteiger partial charge is 0.478 e. The minimum Gasteiger partial charge on any atom is -0.478 e. The minimum atomic E-state index is -0.874. The number of hydrogen-bond donors (Lipinski definition) is 1. The van der Waals surface area contributed by atoms with Crippen LogP contribution >= 0.6 is 15.9 Å². The van der Waals surface area contributed by atoms with Crippen molar-refractivity contribution in [2.24, 2.45) is 5.92 Å². The average molecular weight is 328 g/mol. The highest BCUT2D eigenvalue weighted by molar-refractivity contribution is 9.10. The Hall–Kier alpha value is -1.07. The van der Waals surface area contributed by atoms with E-state index in [2.05, 4.69) is 20.8 Å². The number of carboxylic acid groups (broad SMARTS) is 1. The lowest BCUT2D eigenvalue weighted by molar-refractivity contribution is 0.0697. The molecule has 1 aliphatic heterocycles. The molecule has 1 heterocycles. The molecule has 1 saturated heterocycles. The molecule has 0 atom stereocenters. The van der Waals surface area contributed by atoms with Crippen LogP contribution in [0.25, 0.3) is 0 Å². The second kappa shape index (κ2) is 6.39. The van der Waals surface area contributed by atoms with Gasteiger partial charge in [0.2, 0.25) is 0 Å². The quantitative estimate of drug-likeness (QED) is 0.923. The van der Waals surface area contributed by atoms with Gasteiger partial charge in [0.1, 0.15) is 0 Å². The van der Waals surface area contributed by atoms with Gasteiger partial charge in [-0.1, -0.05) is 15.9 Å². The van der Waals surface area contributed by atoms with E-state index in [9.17, 15) is 9.90 Å². The zero-order chi connectivity index (χ0) is 13.8. The molecule has 0 radical (unpaired) electrons. The highest BCUT2D eigenvalue weighted by Crippen LogP contribution is 2.29. The van der Waals surface area contributed by atoms with Crippen molar-refractivity contribution in [3.63, 3.8) is 0 Å². The molecule has 19 heavy (non-hydrogen) atoms. The minimum absolute atomic E-state index is 0.369. The van der Waals surface area contributed by atoms with Crippen LogP contribution in [0.1, 0.15) is 23.2 Å². The van der Waals surface area contributed by atoms with Gasteiger partial charge >= 0.3 is 5.97 Å². The van der Waals surface area contributed by atoms with Gasteiger partial charge in [0.25, 0.3) is 0 Å². The molecule has 0 saturated carbocycles. The summed E-state index contributed by atoms with van der Waals surface area (Å²) in [6.07, 6.45) is 2.08. The van der Waals surface area contributed by atoms with E-state index in [1.165, 1.54) is 0 Å². The summed E-state index contributed by atoms with van der Waals surface area (Å²) in [6.45, 7) is 2.55. The molecule has 1 aromatic carbocycles. The number of anilines is 1. The smallest absolute Gasteiger partial charge is 0.337 e. The number of nitrogens with zero attached hydrogens (tertiary/aromatic N) is 1. The molecule has 1 N–H and O–H groups in total. The van der Waals surface area contributed by atoms with Gasteiger partial charge in [-0.15, -0.1) is 0 Å². The predicted octanol–water partition coefficient (Wildman–Crippen LogP) is 3.01. The van der Waals surface area contributed by atoms with Crippen LogP contribution in [-0.2, 0) is 4.74 Å². The summed E-state index contributed by atoms with van der Waals surface area (Å²) in [5.41, 5.74) is 1.17. The third kappa shape index (κ3) is 3.48. The first kappa shape index (κ1) is 14.3. The van der Waals surface area contributed by atoms with Crippen molar-refractivity contribution in [1.82, 2.24) is 0 Å². The average Bonchev–Trinajstić information content (AvgIpc) is 2.39. The molecule has 2 rings (SSSR count). The van der Waals surface area contributed by atoms with E-state index >= 15 is 0 Å². The summed E-state index contributed by atoms with van der Waals surface area (Å²) >= 11 is 3.41. The number of rotatable bonds is 4. The van der Waals surface area contributed by atoms with Crippen molar-refractivity contribution in [3.05, 3.63) is 28.2 Å². The number of methoxy groups -OCH3 is 1. The Balaban J connectivity index is 2.14. The summed E-state index contributed by atoms with van der Waals surface area (Å²) in [5, 5.41) is 9.26. The Morgan fingerprint density at radius 2 is 2.16 bits per heavy atom. The standard InChI is InChI=1S/C14H18BrNO3/c1-19-9-10-4-6-16(7-5-10)13-8-11(15)2-3-12(13)14(17)18/h2-3,8,10H,4-7,9H2,1H3,(H,17,18). The Bertz CT molecular complexity index is 456. The normalized spacial score (nSPS) is 16.6. The van der Waals surface area contributed by atoms with E-state index < -0.39 is 5.97 Å². The molecule has 1 fully saturated rings. The van der Waals surface area contributed by atoms with Crippen molar-refractivity contribution >= 4 is 27.6 Å². The van der Waals surface area contributed by atoms with Crippen LogP contribution in [0.4, 0.5) is 5.69 Å². The summed E-state index contributed by atoms with van der Waals surface area (Å²) in [5.74, 6) is -0.289. The van der Waals surface area contributed by atoms with Crippen molar-refractivity contribution < 1.29 is 14.6 Å². The summed E-state index contributed by atoms with van der Waals surface area (Å²) in [4.78, 5) is 13.4. The molecule has 0 bridgehead atoms. The van der Waals surface area contributed by atoms with Crippen LogP contribution in [-0.4, -0.2) is 37.9 Å². The van der Waals surface area contributed by atoms with Crippen LogP contribution in [0, 0.1) is 5.92 Å². The maximum absolute atomic E-state index is 11.3. The maximum atomic E-state index is 11.3. The number of carboxylic acids is 1. The zero-order valence-corrected chi connectivity index (χ0v) is 12.5. The third-order valence-corrected chi connectivity index (χ3v) is 4.04. The first-order valence-electron chi connectivity index (χ1n) is 6.38. The van der Waals surface area contributed by atoms with Crippen LogP contribution in [0.15, 0.2) is 22.7 Å². The molecular weight excluding hydrogens is 310 g/mol. The van der Waals surface area contributed by atoms with Crippen molar-refractivity contribution in [2.75, 3.05) is 31.7 Å². The Kier molecular flexibility index (Phi) is 4.82. The number of benzene rings is 1. The molecule has 0 aliphatic carbocycles. The lowest BCUT2D eigenvalue weighted by atomic mass is 9.97. The maximum Gasteiger partial charge on any atom is 0.337 e. The molecule has 4 nitrogen and oxygen atoms in total. The van der Waals surface area contributed by atoms with Crippen LogP contribution in [0.5, 0.6) is 0 Å². The molecule has 0 amide bonds. The highest BCUT2D eigenvalue weighted by atomic mass is 79.9. The van der Waals surface area contributed by atoms with E-state index in [4.69, 9.17) is 4.74 Å². The third-order valence-electron chi connectivity index (χ3n) is 3.55. The topological polar surface area (TPSA) is 49.8 Å². The Morgan fingerprint density at radius 3 is 2.74 bits per heavy atom. The van der Waals surface area contributed by atoms with Gasteiger partial charge in [-0.2, -0.15) is 0 Å². The van der Waals surface area contributed by atoms with E-state index in [1.54, 1.807) is 19.2 Å². The Labute approximate surface area is 121 Å². The highest BCUT2D eigenvalue weighted by Gasteiger charge is 2.22. The fourth-order valence-electron chi connectivity index (χ4n) is 2.52. The first-order valence-corrected chi connectivity index (χ1v) is 7.18. The fraction of sp³-hybridized carbons (Fsp3) is 0.500. The number of halogens is 1. The SMILES string of the molecule is COCC1CCN(c2cc(Br)ccc2C(=O)O)CC1. The summed E-state index contributed by atoms with van der Waals surface area (Å²) in [6, 6.07) is 5.31. The molecule has 0 unspecified atom stereocenters. The van der Waals surface area contributed by atoms with Gasteiger partial charge in [0.15, 0.2) is 0 Å². The molecule has 104 valence electrons. The van der Waals surface area contributed by atoms with Crippen LogP contribution in [0.2, 0.25) is 0 Å². The van der Waals surface area contributed by atoms with Crippen LogP contribution in [0.3, 0.4) is 0 Å². The fourth-order valence-corrected chi connectivity index (χ4v) is 2.87. The van der Waals surface area contributed by atoms with Gasteiger partial charge in [-0.05, 0) is 37.0 Å². The second-order valence-corrected chi connectivity index (χ2v) is 5.77. The first-order chi connectivity index (χ1) is 9.11. The van der Waals surface area contributed by atoms with E-state index in [1.807, 2.05) is 6.07 Å². The summed E-state index contributed by atoms with van der Waals surface area (Å²) in [7, 11) is 1.73. The number of carbonyl (C=O) groups is 1. The zero-order valence-electron chi connectivity index (χ0n) is 10.9. The van der Waals surface area contributed by atoms with Gasteiger partial charge in [-0.25, -0.2) is 4.79 Å². The van der Waals surface area contributed by atoms with E-state index in [-0.39, 0.29) is 0 Å². The lowest BCUT2D eigenvalue weighted by Gasteiger charge is -2.34. The number of hydrogen-bond acceptors (Lipinski definition) is 3.